The molecule has 0 heterocycles. The molecule has 0 saturated heterocycles. The summed E-state index contributed by atoms with van der Waals surface area (Å²) in [5.41, 5.74) is 4.81. The van der Waals surface area contributed by atoms with Crippen molar-refractivity contribution in [2.24, 2.45) is 23.7 Å². The highest BCUT2D eigenvalue weighted by Crippen LogP contribution is 2.44. The molecule has 1 N–H and O–H groups in total. The van der Waals surface area contributed by atoms with Gasteiger partial charge >= 0.3 is 0 Å². The van der Waals surface area contributed by atoms with Gasteiger partial charge in [-0.2, -0.15) is 0 Å². The van der Waals surface area contributed by atoms with Gasteiger partial charge in [0.25, 0.3) is 0 Å². The second-order valence-electron chi connectivity index (χ2n) is 9.71. The largest absolute Gasteiger partial charge is 0.251 e. The van der Waals surface area contributed by atoms with Crippen molar-refractivity contribution in [3.05, 3.63) is 59.7 Å². The van der Waals surface area contributed by atoms with Gasteiger partial charge in [0.2, 0.25) is 0 Å². The zero-order valence-corrected chi connectivity index (χ0v) is 22.0. The van der Waals surface area contributed by atoms with E-state index in [-0.39, 0.29) is 6.10 Å². The van der Waals surface area contributed by atoms with Crippen LogP contribution in [0.5, 0.6) is 0 Å². The lowest BCUT2D eigenvalue weighted by Gasteiger charge is -2.38. The monoisotopic (exact) mass is 452 g/mol. The van der Waals surface area contributed by atoms with Crippen LogP contribution in [0, 0.1) is 30.6 Å². The minimum atomic E-state index is -0.200. The van der Waals surface area contributed by atoms with Crippen molar-refractivity contribution < 1.29 is 10.1 Å². The number of hydrogen-bond donors (Lipinski definition) is 1. The molecule has 0 bridgehead atoms. The van der Waals surface area contributed by atoms with Crippen molar-refractivity contribution in [3.63, 3.8) is 0 Å². The minimum Gasteiger partial charge on any atom is -0.251 e. The van der Waals surface area contributed by atoms with Crippen LogP contribution in [0.2, 0.25) is 0 Å². The summed E-state index contributed by atoms with van der Waals surface area (Å²) in [6.45, 7) is 12.5. The van der Waals surface area contributed by atoms with Crippen LogP contribution in [-0.2, 0) is 4.89 Å². The molecule has 4 rings (SSSR count). The van der Waals surface area contributed by atoms with E-state index in [1.54, 1.807) is 0 Å². The minimum absolute atomic E-state index is 0.200. The maximum Gasteiger partial charge on any atom is 0.120 e. The Morgan fingerprint density at radius 1 is 0.667 bits per heavy atom. The van der Waals surface area contributed by atoms with E-state index in [0.29, 0.717) is 5.92 Å². The highest BCUT2D eigenvalue weighted by molar-refractivity contribution is 5.64. The number of hydrogen-bond acceptors (Lipinski definition) is 2. The summed E-state index contributed by atoms with van der Waals surface area (Å²) in [7, 11) is 0. The van der Waals surface area contributed by atoms with Crippen molar-refractivity contribution in [1.82, 2.24) is 0 Å². The molecule has 2 aliphatic rings. The molecular formula is C31H48O2. The molecule has 0 amide bonds. The van der Waals surface area contributed by atoms with Gasteiger partial charge < -0.3 is 0 Å². The lowest BCUT2D eigenvalue weighted by molar-refractivity contribution is -0.296. The second kappa shape index (κ2) is 14.6. The molecule has 2 fully saturated rings. The molecule has 1 atom stereocenters. The summed E-state index contributed by atoms with van der Waals surface area (Å²) >= 11 is 0. The topological polar surface area (TPSA) is 29.5 Å². The summed E-state index contributed by atoms with van der Waals surface area (Å²) < 4.78 is 0. The van der Waals surface area contributed by atoms with Crippen LogP contribution >= 0.6 is 0 Å². The smallest absolute Gasteiger partial charge is 0.120 e. The molecule has 0 radical (unpaired) electrons. The van der Waals surface area contributed by atoms with Crippen molar-refractivity contribution in [3.8, 4) is 11.1 Å². The second-order valence-corrected chi connectivity index (χ2v) is 9.71. The molecule has 2 nitrogen and oxygen atoms in total. The van der Waals surface area contributed by atoms with Gasteiger partial charge in [0.1, 0.15) is 6.10 Å². The number of benzene rings is 2. The summed E-state index contributed by atoms with van der Waals surface area (Å²) in [6, 6.07) is 17.2. The third-order valence-corrected chi connectivity index (χ3v) is 7.71. The van der Waals surface area contributed by atoms with Crippen LogP contribution in [-0.4, -0.2) is 5.26 Å². The molecule has 0 aliphatic heterocycles. The summed E-state index contributed by atoms with van der Waals surface area (Å²) in [4.78, 5) is 5.03. The van der Waals surface area contributed by atoms with E-state index < -0.39 is 0 Å². The number of rotatable bonds is 5. The Morgan fingerprint density at radius 2 is 1.09 bits per heavy atom. The Hall–Kier alpha value is -1.64. The maximum absolute atomic E-state index is 9.69. The van der Waals surface area contributed by atoms with Gasteiger partial charge in [-0.25, -0.2) is 4.89 Å². The normalized spacial score (nSPS) is 25.7. The van der Waals surface area contributed by atoms with Gasteiger partial charge in [0.15, 0.2) is 0 Å². The molecule has 0 spiro atoms. The van der Waals surface area contributed by atoms with Gasteiger partial charge in [-0.15, -0.1) is 0 Å². The van der Waals surface area contributed by atoms with Crippen molar-refractivity contribution >= 4 is 0 Å². The molecule has 2 aromatic carbocycles. The van der Waals surface area contributed by atoms with Gasteiger partial charge in [0.05, 0.1) is 0 Å². The van der Waals surface area contributed by atoms with Gasteiger partial charge in [-0.3, -0.25) is 5.26 Å². The zero-order valence-electron chi connectivity index (χ0n) is 22.0. The third-order valence-electron chi connectivity index (χ3n) is 7.71. The van der Waals surface area contributed by atoms with E-state index >= 15 is 0 Å². The molecule has 33 heavy (non-hydrogen) atoms. The zero-order chi connectivity index (χ0) is 24.2. The lowest BCUT2D eigenvalue weighted by Crippen LogP contribution is -2.27. The molecule has 2 aromatic rings. The van der Waals surface area contributed by atoms with Gasteiger partial charge in [-0.1, -0.05) is 102 Å². The average molecular weight is 453 g/mol. The fourth-order valence-electron chi connectivity index (χ4n) is 5.71. The van der Waals surface area contributed by atoms with Crippen molar-refractivity contribution in [1.29, 1.82) is 0 Å². The van der Waals surface area contributed by atoms with Crippen LogP contribution in [0.25, 0.3) is 11.1 Å². The summed E-state index contributed by atoms with van der Waals surface area (Å²) in [6.07, 6.45) is 10.4. The lowest BCUT2D eigenvalue weighted by atomic mass is 9.68. The third kappa shape index (κ3) is 7.69. The molecule has 1 unspecified atom stereocenters. The first-order valence-corrected chi connectivity index (χ1v) is 13.6. The van der Waals surface area contributed by atoms with Gasteiger partial charge in [0, 0.05) is 0 Å². The Morgan fingerprint density at radius 3 is 1.55 bits per heavy atom. The van der Waals surface area contributed by atoms with Crippen LogP contribution in [0.4, 0.5) is 0 Å². The SMILES string of the molecule is CC.CC.Cc1ccc(-c2ccc(C(OO)C3CCC(C4CCC(C)CC4)CC3)cc2)cc1. The molecule has 184 valence electrons. The molecular weight excluding hydrogens is 404 g/mol. The van der Waals surface area contributed by atoms with Crippen LogP contribution in [0.1, 0.15) is 103 Å². The van der Waals surface area contributed by atoms with Gasteiger partial charge in [-0.05, 0) is 85.8 Å². The Kier molecular flexibility index (Phi) is 12.2. The molecule has 0 aromatic heterocycles. The Bertz CT molecular complexity index is 749. The van der Waals surface area contributed by atoms with Crippen LogP contribution in [0.15, 0.2) is 48.5 Å². The van der Waals surface area contributed by atoms with Crippen molar-refractivity contribution in [2.45, 2.75) is 99.0 Å². The molecule has 2 saturated carbocycles. The predicted octanol–water partition coefficient (Wildman–Crippen LogP) is 9.88. The Balaban J connectivity index is 0.000000914. The van der Waals surface area contributed by atoms with E-state index in [2.05, 4.69) is 62.4 Å². The maximum atomic E-state index is 9.69. The highest BCUT2D eigenvalue weighted by atomic mass is 17.1. The summed E-state index contributed by atoms with van der Waals surface area (Å²) in [5, 5.41) is 9.69. The predicted molar refractivity (Wildman–Crippen MR) is 142 cm³/mol. The van der Waals surface area contributed by atoms with Crippen LogP contribution < -0.4 is 0 Å². The first-order valence-electron chi connectivity index (χ1n) is 13.6. The van der Waals surface area contributed by atoms with E-state index in [0.717, 1.165) is 23.3 Å². The summed E-state index contributed by atoms with van der Waals surface area (Å²) in [5.74, 6) is 3.18. The first kappa shape index (κ1) is 27.6. The molecule has 2 heteroatoms. The standard InChI is InChI=1S/C27H36O2.2C2H6/c1-19-3-7-21(8-4-19)23-11-15-25(16-12-23)27(29-28)26-17-13-24(14-18-26)22-9-5-20(2)6-10-22;2*1-2/h3-4,7-8,11-12,15-16,20,22,24,26-28H,5-6,9-10,13-14,17-18H2,1-2H3;2*1-2H3. The molecule has 2 aliphatic carbocycles. The van der Waals surface area contributed by atoms with E-state index in [1.807, 2.05) is 27.7 Å². The fraction of sp³-hybridized carbons (Fsp3) is 0.613. The Labute approximate surface area is 203 Å². The average Bonchev–Trinajstić information content (AvgIpc) is 2.89. The van der Waals surface area contributed by atoms with E-state index in [9.17, 15) is 5.26 Å². The fourth-order valence-corrected chi connectivity index (χ4v) is 5.71. The van der Waals surface area contributed by atoms with E-state index in [1.165, 1.54) is 68.1 Å². The first-order chi connectivity index (χ1) is 16.1. The highest BCUT2D eigenvalue weighted by Gasteiger charge is 2.33. The number of aryl methyl sites for hydroxylation is 1. The van der Waals surface area contributed by atoms with E-state index in [4.69, 9.17) is 4.89 Å². The van der Waals surface area contributed by atoms with Crippen molar-refractivity contribution in [2.75, 3.05) is 0 Å². The van der Waals surface area contributed by atoms with Crippen LogP contribution in [0.3, 0.4) is 0 Å². The quantitative estimate of drug-likeness (QED) is 0.361.